The van der Waals surface area contributed by atoms with Gasteiger partial charge in [0, 0.05) is 28.4 Å². The van der Waals surface area contributed by atoms with Crippen molar-refractivity contribution < 1.29 is 18.6 Å². The number of methoxy groups -OCH3 is 1. The molecule has 2 aromatic heterocycles. The van der Waals surface area contributed by atoms with Gasteiger partial charge in [-0.3, -0.25) is 0 Å². The second-order valence-corrected chi connectivity index (χ2v) is 11.8. The van der Waals surface area contributed by atoms with E-state index in [0.29, 0.717) is 30.5 Å². The summed E-state index contributed by atoms with van der Waals surface area (Å²) in [7, 11) is 1.67. The van der Waals surface area contributed by atoms with Crippen LogP contribution in [0, 0.1) is 12.3 Å². The summed E-state index contributed by atoms with van der Waals surface area (Å²) in [6.45, 7) is 10.1. The molecular formula is C36H36N2O4. The molecule has 0 aliphatic carbocycles. The third-order valence-corrected chi connectivity index (χ3v) is 7.27. The Balaban J connectivity index is 1.27. The fraction of sp³-hybridized carbons (Fsp3) is 0.250. The zero-order valence-electron chi connectivity index (χ0n) is 24.8. The first kappa shape index (κ1) is 27.5. The molecule has 0 fully saturated rings. The first-order chi connectivity index (χ1) is 20.3. The first-order valence-corrected chi connectivity index (χ1v) is 14.2. The normalized spacial score (nSPS) is 11.7. The molecule has 6 rings (SSSR count). The largest absolute Gasteiger partial charge is 0.493 e. The summed E-state index contributed by atoms with van der Waals surface area (Å²) in [4.78, 5) is 4.66. The van der Waals surface area contributed by atoms with E-state index < -0.39 is 0 Å². The monoisotopic (exact) mass is 560 g/mol. The van der Waals surface area contributed by atoms with Crippen LogP contribution in [0.1, 0.15) is 37.8 Å². The summed E-state index contributed by atoms with van der Waals surface area (Å²) in [5.41, 5.74) is 5.16. The van der Waals surface area contributed by atoms with E-state index in [4.69, 9.17) is 18.6 Å². The fourth-order valence-electron chi connectivity index (χ4n) is 5.17. The number of aromatic nitrogens is 2. The lowest BCUT2D eigenvalue weighted by molar-refractivity contribution is 0.200. The molecule has 0 N–H and O–H groups in total. The maximum Gasteiger partial charge on any atom is 0.226 e. The van der Waals surface area contributed by atoms with Crippen LogP contribution < -0.4 is 14.2 Å². The molecule has 0 spiro atoms. The molecule has 0 amide bonds. The Kier molecular flexibility index (Phi) is 7.38. The molecule has 0 saturated heterocycles. The summed E-state index contributed by atoms with van der Waals surface area (Å²) >= 11 is 0. The number of hydrogen-bond acceptors (Lipinski definition) is 5. The number of hydrogen-bond donors (Lipinski definition) is 0. The molecule has 42 heavy (non-hydrogen) atoms. The van der Waals surface area contributed by atoms with Gasteiger partial charge in [-0.1, -0.05) is 69.3 Å². The highest BCUT2D eigenvalue weighted by Crippen LogP contribution is 2.37. The third-order valence-electron chi connectivity index (χ3n) is 7.27. The molecule has 0 aliphatic rings. The number of ether oxygens (including phenoxy) is 3. The lowest BCUT2D eigenvalue weighted by Gasteiger charge is -2.19. The summed E-state index contributed by atoms with van der Waals surface area (Å²) in [6, 6.07) is 30.8. The highest BCUT2D eigenvalue weighted by Gasteiger charge is 2.18. The molecule has 0 aliphatic heterocycles. The van der Waals surface area contributed by atoms with Crippen LogP contribution in [0.4, 0.5) is 0 Å². The molecular weight excluding hydrogens is 524 g/mol. The van der Waals surface area contributed by atoms with Crippen LogP contribution in [-0.2, 0) is 13.2 Å². The van der Waals surface area contributed by atoms with E-state index >= 15 is 0 Å². The Morgan fingerprint density at radius 2 is 1.55 bits per heavy atom. The van der Waals surface area contributed by atoms with Crippen molar-refractivity contribution in [2.24, 2.45) is 5.41 Å². The van der Waals surface area contributed by atoms with E-state index in [9.17, 15) is 0 Å². The number of oxazole rings is 1. The van der Waals surface area contributed by atoms with Gasteiger partial charge in [0.25, 0.3) is 0 Å². The van der Waals surface area contributed by atoms with Crippen LogP contribution in [0.2, 0.25) is 0 Å². The zero-order chi connectivity index (χ0) is 29.3. The molecule has 6 aromatic rings. The average Bonchev–Trinajstić information content (AvgIpc) is 3.53. The van der Waals surface area contributed by atoms with Gasteiger partial charge in [-0.25, -0.2) is 4.98 Å². The Morgan fingerprint density at radius 1 is 0.786 bits per heavy atom. The lowest BCUT2D eigenvalue weighted by Crippen LogP contribution is -2.16. The molecule has 0 unspecified atom stereocenters. The minimum atomic E-state index is 0.0669. The van der Waals surface area contributed by atoms with Gasteiger partial charge in [-0.2, -0.15) is 0 Å². The molecule has 6 heteroatoms. The minimum Gasteiger partial charge on any atom is -0.493 e. The molecule has 0 radical (unpaired) electrons. The first-order valence-electron chi connectivity index (χ1n) is 14.2. The molecule has 6 nitrogen and oxygen atoms in total. The van der Waals surface area contributed by atoms with Crippen molar-refractivity contribution >= 4 is 21.8 Å². The SMILES string of the molecule is COc1cc(Cn2c3ccccc3c3c(OCC(C)(C)C)cccc32)ccc1OCc1nc(-c2ccccc2)oc1C. The van der Waals surface area contributed by atoms with Gasteiger partial charge in [0.05, 0.1) is 19.2 Å². The van der Waals surface area contributed by atoms with E-state index in [0.717, 1.165) is 44.8 Å². The van der Waals surface area contributed by atoms with Gasteiger partial charge >= 0.3 is 0 Å². The Hall–Kier alpha value is -4.71. The van der Waals surface area contributed by atoms with Gasteiger partial charge in [0.2, 0.25) is 5.89 Å². The molecule has 0 saturated carbocycles. The number of benzene rings is 4. The van der Waals surface area contributed by atoms with E-state index in [-0.39, 0.29) is 12.0 Å². The predicted octanol–water partition coefficient (Wildman–Crippen LogP) is 8.82. The van der Waals surface area contributed by atoms with Gasteiger partial charge in [-0.05, 0) is 60.4 Å². The highest BCUT2D eigenvalue weighted by molar-refractivity contribution is 6.11. The Labute approximate surface area is 246 Å². The smallest absolute Gasteiger partial charge is 0.226 e. The Bertz CT molecular complexity index is 1840. The number of para-hydroxylation sites is 1. The van der Waals surface area contributed by atoms with Gasteiger partial charge in [0.15, 0.2) is 11.5 Å². The second kappa shape index (κ2) is 11.3. The number of aryl methyl sites for hydroxylation is 1. The molecule has 4 aromatic carbocycles. The maximum atomic E-state index is 6.34. The summed E-state index contributed by atoms with van der Waals surface area (Å²) < 4.78 is 26.5. The van der Waals surface area contributed by atoms with Crippen LogP contribution in [0.3, 0.4) is 0 Å². The molecule has 0 bridgehead atoms. The van der Waals surface area contributed by atoms with Crippen molar-refractivity contribution in [3.63, 3.8) is 0 Å². The average molecular weight is 561 g/mol. The van der Waals surface area contributed by atoms with Crippen molar-refractivity contribution in [1.29, 1.82) is 0 Å². The third kappa shape index (κ3) is 5.57. The van der Waals surface area contributed by atoms with Crippen molar-refractivity contribution in [2.45, 2.75) is 40.8 Å². The number of nitrogens with zero attached hydrogens (tertiary/aromatic N) is 2. The van der Waals surface area contributed by atoms with E-state index in [1.807, 2.05) is 49.4 Å². The Morgan fingerprint density at radius 3 is 2.33 bits per heavy atom. The topological polar surface area (TPSA) is 58.7 Å². The quantitative estimate of drug-likeness (QED) is 0.177. The lowest BCUT2D eigenvalue weighted by atomic mass is 9.98. The number of fused-ring (bicyclic) bond motifs is 3. The zero-order valence-corrected chi connectivity index (χ0v) is 24.8. The fourth-order valence-corrected chi connectivity index (χ4v) is 5.17. The van der Waals surface area contributed by atoms with Gasteiger partial charge in [0.1, 0.15) is 23.8 Å². The van der Waals surface area contributed by atoms with E-state index in [1.165, 1.54) is 5.39 Å². The van der Waals surface area contributed by atoms with E-state index in [1.54, 1.807) is 7.11 Å². The maximum absolute atomic E-state index is 6.34. The minimum absolute atomic E-state index is 0.0669. The van der Waals surface area contributed by atoms with Crippen LogP contribution in [0.15, 0.2) is 95.4 Å². The van der Waals surface area contributed by atoms with Crippen LogP contribution in [0.5, 0.6) is 17.2 Å². The van der Waals surface area contributed by atoms with Crippen molar-refractivity contribution in [3.05, 3.63) is 108 Å². The highest BCUT2D eigenvalue weighted by atomic mass is 16.5. The summed E-state index contributed by atoms with van der Waals surface area (Å²) in [6.07, 6.45) is 0. The number of rotatable bonds is 9. The van der Waals surface area contributed by atoms with Crippen molar-refractivity contribution in [2.75, 3.05) is 13.7 Å². The standard InChI is InChI=1S/C36H36N2O4/c1-24-28(37-35(42-24)26-12-7-6-8-13-26)22-40-31-19-18-25(20-33(31)39-5)21-38-29-15-10-9-14-27(29)34-30(38)16-11-17-32(34)41-23-36(2,3)4/h6-20H,21-23H2,1-5H3. The van der Waals surface area contributed by atoms with Crippen LogP contribution in [-0.4, -0.2) is 23.3 Å². The van der Waals surface area contributed by atoms with Crippen molar-refractivity contribution in [3.8, 4) is 28.7 Å². The summed E-state index contributed by atoms with van der Waals surface area (Å²) in [5.74, 6) is 3.57. The van der Waals surface area contributed by atoms with Crippen LogP contribution in [0.25, 0.3) is 33.3 Å². The van der Waals surface area contributed by atoms with Gasteiger partial charge in [-0.15, -0.1) is 0 Å². The van der Waals surface area contributed by atoms with Gasteiger partial charge < -0.3 is 23.2 Å². The second-order valence-electron chi connectivity index (χ2n) is 11.8. The molecule has 0 atom stereocenters. The van der Waals surface area contributed by atoms with E-state index in [2.05, 4.69) is 78.9 Å². The van der Waals surface area contributed by atoms with Crippen molar-refractivity contribution in [1.82, 2.24) is 9.55 Å². The predicted molar refractivity (Wildman–Crippen MR) is 167 cm³/mol. The van der Waals surface area contributed by atoms with Crippen LogP contribution >= 0.6 is 0 Å². The summed E-state index contributed by atoms with van der Waals surface area (Å²) in [5, 5.41) is 2.32. The molecule has 214 valence electrons. The molecule has 2 heterocycles.